The number of rotatable bonds is 2. The number of anilines is 1. The Bertz CT molecular complexity index is 794. The van der Waals surface area contributed by atoms with Gasteiger partial charge in [-0.2, -0.15) is 0 Å². The first kappa shape index (κ1) is 11.7. The van der Waals surface area contributed by atoms with Crippen LogP contribution < -0.4 is 10.1 Å². The predicted octanol–water partition coefficient (Wildman–Crippen LogP) is 3.94. The largest absolute Gasteiger partial charge is 0.497 e. The van der Waals surface area contributed by atoms with Crippen molar-refractivity contribution in [1.82, 2.24) is 4.98 Å². The van der Waals surface area contributed by atoms with E-state index in [1.54, 1.807) is 18.4 Å². The van der Waals surface area contributed by atoms with Crippen LogP contribution in [-0.2, 0) is 6.42 Å². The zero-order valence-electron chi connectivity index (χ0n) is 11.1. The maximum Gasteiger partial charge on any atom is 0.124 e. The molecule has 0 spiro atoms. The van der Waals surface area contributed by atoms with Crippen molar-refractivity contribution < 1.29 is 4.74 Å². The molecule has 3 nitrogen and oxygen atoms in total. The molecule has 0 saturated carbocycles. The monoisotopic (exact) mass is 282 g/mol. The molecule has 1 aliphatic rings. The summed E-state index contributed by atoms with van der Waals surface area (Å²) < 4.78 is 6.43. The molecular weight excluding hydrogens is 268 g/mol. The molecule has 1 aromatic heterocycles. The number of nitrogens with one attached hydrogen (secondary N) is 1. The molecule has 4 rings (SSSR count). The van der Waals surface area contributed by atoms with E-state index in [0.29, 0.717) is 0 Å². The maximum atomic E-state index is 5.27. The van der Waals surface area contributed by atoms with Gasteiger partial charge in [-0.05, 0) is 48.4 Å². The molecule has 0 unspecified atom stereocenters. The molecule has 0 aliphatic carbocycles. The van der Waals surface area contributed by atoms with Crippen molar-refractivity contribution in [2.75, 3.05) is 19.0 Å². The standard InChI is InChI=1S/C16H14N2OS/c1-19-12-3-5-14-15(9-12)20-16(18-14)11-2-4-13-10(8-11)6-7-17-13/h2-5,8-9,17H,6-7H2,1H3. The summed E-state index contributed by atoms with van der Waals surface area (Å²) in [6.07, 6.45) is 1.10. The second-order valence-electron chi connectivity index (χ2n) is 4.90. The summed E-state index contributed by atoms with van der Waals surface area (Å²) in [5.74, 6) is 0.880. The molecule has 4 heteroatoms. The van der Waals surface area contributed by atoms with E-state index in [9.17, 15) is 0 Å². The maximum absolute atomic E-state index is 5.27. The van der Waals surface area contributed by atoms with E-state index in [2.05, 4.69) is 23.5 Å². The van der Waals surface area contributed by atoms with Gasteiger partial charge >= 0.3 is 0 Å². The lowest BCUT2D eigenvalue weighted by Gasteiger charge is -2.01. The Morgan fingerprint density at radius 2 is 2.15 bits per heavy atom. The Kier molecular flexibility index (Phi) is 2.63. The SMILES string of the molecule is COc1ccc2nc(-c3ccc4c(c3)CCN4)sc2c1. The molecule has 20 heavy (non-hydrogen) atoms. The summed E-state index contributed by atoms with van der Waals surface area (Å²) in [5.41, 5.74) is 4.88. The van der Waals surface area contributed by atoms with Crippen molar-refractivity contribution in [2.45, 2.75) is 6.42 Å². The third kappa shape index (κ3) is 1.84. The fourth-order valence-electron chi connectivity index (χ4n) is 2.59. The quantitative estimate of drug-likeness (QED) is 0.773. The lowest BCUT2D eigenvalue weighted by molar-refractivity contribution is 0.415. The van der Waals surface area contributed by atoms with Gasteiger partial charge in [0, 0.05) is 17.8 Å². The van der Waals surface area contributed by atoms with E-state index in [0.717, 1.165) is 33.9 Å². The van der Waals surface area contributed by atoms with Crippen LogP contribution in [0.4, 0.5) is 5.69 Å². The van der Waals surface area contributed by atoms with Crippen LogP contribution in [0.3, 0.4) is 0 Å². The molecule has 2 heterocycles. The molecule has 2 aromatic carbocycles. The van der Waals surface area contributed by atoms with Crippen LogP contribution >= 0.6 is 11.3 Å². The number of benzene rings is 2. The summed E-state index contributed by atoms with van der Waals surface area (Å²) in [4.78, 5) is 4.73. The fraction of sp³-hybridized carbons (Fsp3) is 0.188. The Hall–Kier alpha value is -2.07. The Labute approximate surface area is 121 Å². The minimum Gasteiger partial charge on any atom is -0.497 e. The first-order chi connectivity index (χ1) is 9.83. The van der Waals surface area contributed by atoms with Crippen molar-refractivity contribution in [3.8, 4) is 16.3 Å². The highest BCUT2D eigenvalue weighted by molar-refractivity contribution is 7.21. The smallest absolute Gasteiger partial charge is 0.124 e. The lowest BCUT2D eigenvalue weighted by Crippen LogP contribution is -1.90. The number of aromatic nitrogens is 1. The van der Waals surface area contributed by atoms with Gasteiger partial charge in [-0.3, -0.25) is 0 Å². The van der Waals surface area contributed by atoms with Crippen LogP contribution in [0.5, 0.6) is 5.75 Å². The van der Waals surface area contributed by atoms with E-state index >= 15 is 0 Å². The number of hydrogen-bond donors (Lipinski definition) is 1. The fourth-order valence-corrected chi connectivity index (χ4v) is 3.58. The minimum atomic E-state index is 0.880. The van der Waals surface area contributed by atoms with Gasteiger partial charge < -0.3 is 10.1 Å². The van der Waals surface area contributed by atoms with Crippen LogP contribution in [0, 0.1) is 0 Å². The Balaban J connectivity index is 1.81. The average Bonchev–Trinajstić information content (AvgIpc) is 3.11. The number of nitrogens with zero attached hydrogens (tertiary/aromatic N) is 1. The van der Waals surface area contributed by atoms with Gasteiger partial charge in [0.25, 0.3) is 0 Å². The third-order valence-corrected chi connectivity index (χ3v) is 4.72. The molecule has 0 fully saturated rings. The van der Waals surface area contributed by atoms with E-state index in [1.807, 2.05) is 18.2 Å². The molecule has 1 aliphatic heterocycles. The van der Waals surface area contributed by atoms with Crippen molar-refractivity contribution >= 4 is 27.2 Å². The summed E-state index contributed by atoms with van der Waals surface area (Å²) >= 11 is 1.71. The molecule has 0 saturated heterocycles. The van der Waals surface area contributed by atoms with Gasteiger partial charge in [0.05, 0.1) is 17.3 Å². The van der Waals surface area contributed by atoms with Crippen molar-refractivity contribution in [3.05, 3.63) is 42.0 Å². The van der Waals surface area contributed by atoms with Crippen LogP contribution in [0.1, 0.15) is 5.56 Å². The van der Waals surface area contributed by atoms with Crippen LogP contribution in [0.25, 0.3) is 20.8 Å². The topological polar surface area (TPSA) is 34.1 Å². The summed E-state index contributed by atoms with van der Waals surface area (Å²) in [6, 6.07) is 12.6. The van der Waals surface area contributed by atoms with Crippen molar-refractivity contribution in [1.29, 1.82) is 0 Å². The highest BCUT2D eigenvalue weighted by atomic mass is 32.1. The molecule has 0 radical (unpaired) electrons. The summed E-state index contributed by atoms with van der Waals surface area (Å²) in [5, 5.41) is 4.46. The predicted molar refractivity (Wildman–Crippen MR) is 83.8 cm³/mol. The normalized spacial score (nSPS) is 13.2. The molecule has 3 aromatic rings. The zero-order valence-corrected chi connectivity index (χ0v) is 12.0. The van der Waals surface area contributed by atoms with E-state index in [4.69, 9.17) is 9.72 Å². The number of ether oxygens (including phenoxy) is 1. The number of hydrogen-bond acceptors (Lipinski definition) is 4. The number of fused-ring (bicyclic) bond motifs is 2. The first-order valence-electron chi connectivity index (χ1n) is 6.65. The van der Waals surface area contributed by atoms with Gasteiger partial charge in [0.15, 0.2) is 0 Å². The third-order valence-electron chi connectivity index (χ3n) is 3.66. The number of thiazole rings is 1. The van der Waals surface area contributed by atoms with Gasteiger partial charge in [-0.25, -0.2) is 4.98 Å². The van der Waals surface area contributed by atoms with E-state index in [1.165, 1.54) is 16.8 Å². The number of methoxy groups -OCH3 is 1. The lowest BCUT2D eigenvalue weighted by atomic mass is 10.1. The second kappa shape index (κ2) is 4.49. The van der Waals surface area contributed by atoms with Gasteiger partial charge in [-0.1, -0.05) is 0 Å². The van der Waals surface area contributed by atoms with Crippen LogP contribution in [-0.4, -0.2) is 18.6 Å². The highest BCUT2D eigenvalue weighted by Gasteiger charge is 2.13. The van der Waals surface area contributed by atoms with Crippen LogP contribution in [0.2, 0.25) is 0 Å². The zero-order chi connectivity index (χ0) is 13.5. The highest BCUT2D eigenvalue weighted by Crippen LogP contribution is 2.34. The molecule has 0 bridgehead atoms. The van der Waals surface area contributed by atoms with Gasteiger partial charge in [0.1, 0.15) is 10.8 Å². The first-order valence-corrected chi connectivity index (χ1v) is 7.47. The molecule has 0 amide bonds. The van der Waals surface area contributed by atoms with Crippen LogP contribution in [0.15, 0.2) is 36.4 Å². The molecule has 1 N–H and O–H groups in total. The van der Waals surface area contributed by atoms with Crippen molar-refractivity contribution in [3.63, 3.8) is 0 Å². The summed E-state index contributed by atoms with van der Waals surface area (Å²) in [7, 11) is 1.69. The van der Waals surface area contributed by atoms with Crippen molar-refractivity contribution in [2.24, 2.45) is 0 Å². The molecular formula is C16H14N2OS. The molecule has 0 atom stereocenters. The minimum absolute atomic E-state index is 0.880. The Morgan fingerprint density at radius 3 is 3.05 bits per heavy atom. The summed E-state index contributed by atoms with van der Waals surface area (Å²) in [6.45, 7) is 1.04. The van der Waals surface area contributed by atoms with E-state index in [-0.39, 0.29) is 0 Å². The second-order valence-corrected chi connectivity index (χ2v) is 5.93. The average molecular weight is 282 g/mol. The van der Waals surface area contributed by atoms with Gasteiger partial charge in [-0.15, -0.1) is 11.3 Å². The molecule has 100 valence electrons. The van der Waals surface area contributed by atoms with E-state index < -0.39 is 0 Å². The van der Waals surface area contributed by atoms with Gasteiger partial charge in [0.2, 0.25) is 0 Å². The Morgan fingerprint density at radius 1 is 1.20 bits per heavy atom.